The minimum atomic E-state index is -0.533. The fraction of sp³-hybridized carbons (Fsp3) is 0.391. The molecule has 1 aliphatic rings. The Kier molecular flexibility index (Phi) is 5.43. The van der Waals surface area contributed by atoms with Crippen LogP contribution in [-0.2, 0) is 17.7 Å². The van der Waals surface area contributed by atoms with Gasteiger partial charge in [-0.3, -0.25) is 15.1 Å². The zero-order valence-electron chi connectivity index (χ0n) is 18.4. The highest BCUT2D eigenvalue weighted by Gasteiger charge is 2.28. The molecule has 0 saturated carbocycles. The standard InChI is InChI=1S/C23H26N4O3S/c1-13-6-7-17-15(10-13)11-16(14(2)24-17)20(28)26-21-25-18-8-9-27(12-19(18)31-21)22(29)30-23(3,4)5/h6-7,10-11H,8-9,12H2,1-5H3,(H,25,26,28). The lowest BCUT2D eigenvalue weighted by atomic mass is 10.1. The van der Waals surface area contributed by atoms with Crippen LogP contribution in [0.1, 0.15) is 53.0 Å². The van der Waals surface area contributed by atoms with Gasteiger partial charge in [0.15, 0.2) is 5.13 Å². The number of amides is 2. The van der Waals surface area contributed by atoms with Gasteiger partial charge in [0.25, 0.3) is 5.91 Å². The van der Waals surface area contributed by atoms with E-state index in [1.54, 1.807) is 4.90 Å². The fourth-order valence-electron chi connectivity index (χ4n) is 3.52. The van der Waals surface area contributed by atoms with E-state index >= 15 is 0 Å². The normalized spacial score (nSPS) is 13.8. The van der Waals surface area contributed by atoms with Crippen LogP contribution in [0.15, 0.2) is 24.3 Å². The number of thiazole rings is 1. The van der Waals surface area contributed by atoms with Crippen LogP contribution in [0.4, 0.5) is 9.93 Å². The molecule has 0 saturated heterocycles. The van der Waals surface area contributed by atoms with E-state index in [-0.39, 0.29) is 12.0 Å². The van der Waals surface area contributed by atoms with Gasteiger partial charge in [-0.1, -0.05) is 23.0 Å². The highest BCUT2D eigenvalue weighted by atomic mass is 32.1. The Morgan fingerprint density at radius 2 is 1.94 bits per heavy atom. The van der Waals surface area contributed by atoms with Gasteiger partial charge in [-0.25, -0.2) is 9.78 Å². The summed E-state index contributed by atoms with van der Waals surface area (Å²) in [4.78, 5) is 37.1. The van der Waals surface area contributed by atoms with Gasteiger partial charge in [-0.15, -0.1) is 0 Å². The van der Waals surface area contributed by atoms with Crippen molar-refractivity contribution in [3.63, 3.8) is 0 Å². The molecule has 0 fully saturated rings. The van der Waals surface area contributed by atoms with E-state index < -0.39 is 5.60 Å². The number of fused-ring (bicyclic) bond motifs is 2. The molecule has 8 heteroatoms. The van der Waals surface area contributed by atoms with Crippen molar-refractivity contribution in [1.29, 1.82) is 0 Å². The van der Waals surface area contributed by atoms with Crippen LogP contribution in [0.5, 0.6) is 0 Å². The summed E-state index contributed by atoms with van der Waals surface area (Å²) in [6, 6.07) is 7.86. The minimum absolute atomic E-state index is 0.233. The maximum atomic E-state index is 12.9. The van der Waals surface area contributed by atoms with Crippen molar-refractivity contribution in [2.24, 2.45) is 0 Å². The molecule has 3 heterocycles. The molecule has 0 bridgehead atoms. The molecule has 1 aromatic carbocycles. The topological polar surface area (TPSA) is 84.4 Å². The Hall–Kier alpha value is -3.00. The summed E-state index contributed by atoms with van der Waals surface area (Å²) >= 11 is 1.40. The Bertz CT molecular complexity index is 1180. The molecule has 0 aliphatic carbocycles. The second-order valence-electron chi connectivity index (χ2n) is 8.81. The van der Waals surface area contributed by atoms with E-state index in [2.05, 4.69) is 15.3 Å². The number of hydrogen-bond donors (Lipinski definition) is 1. The van der Waals surface area contributed by atoms with Crippen LogP contribution in [0, 0.1) is 13.8 Å². The lowest BCUT2D eigenvalue weighted by molar-refractivity contribution is 0.0225. The number of aryl methyl sites for hydroxylation is 2. The summed E-state index contributed by atoms with van der Waals surface area (Å²) in [7, 11) is 0. The fourth-order valence-corrected chi connectivity index (χ4v) is 4.54. The molecular weight excluding hydrogens is 412 g/mol. The van der Waals surface area contributed by atoms with E-state index in [0.29, 0.717) is 35.9 Å². The number of hydrogen-bond acceptors (Lipinski definition) is 6. The number of ether oxygens (including phenoxy) is 1. The van der Waals surface area contributed by atoms with E-state index in [1.807, 2.05) is 58.9 Å². The highest BCUT2D eigenvalue weighted by Crippen LogP contribution is 2.30. The van der Waals surface area contributed by atoms with Crippen LogP contribution in [0.25, 0.3) is 10.9 Å². The lowest BCUT2D eigenvalue weighted by Gasteiger charge is -2.29. The highest BCUT2D eigenvalue weighted by molar-refractivity contribution is 7.15. The van der Waals surface area contributed by atoms with E-state index in [0.717, 1.165) is 27.0 Å². The number of carbonyl (C=O) groups is 2. The van der Waals surface area contributed by atoms with Crippen molar-refractivity contribution in [3.8, 4) is 0 Å². The first kappa shape index (κ1) is 21.2. The van der Waals surface area contributed by atoms with Gasteiger partial charge in [0.2, 0.25) is 0 Å². The predicted molar refractivity (Wildman–Crippen MR) is 122 cm³/mol. The van der Waals surface area contributed by atoms with Crippen molar-refractivity contribution in [3.05, 3.63) is 51.7 Å². The molecule has 1 N–H and O–H groups in total. The molecule has 0 unspecified atom stereocenters. The van der Waals surface area contributed by atoms with E-state index in [4.69, 9.17) is 4.74 Å². The second-order valence-corrected chi connectivity index (χ2v) is 9.90. The van der Waals surface area contributed by atoms with Gasteiger partial charge in [0.05, 0.1) is 29.0 Å². The molecule has 0 atom stereocenters. The number of carbonyl (C=O) groups excluding carboxylic acids is 2. The maximum Gasteiger partial charge on any atom is 0.410 e. The Morgan fingerprint density at radius 1 is 1.16 bits per heavy atom. The summed E-state index contributed by atoms with van der Waals surface area (Å²) in [5.74, 6) is -0.233. The summed E-state index contributed by atoms with van der Waals surface area (Å²) < 4.78 is 5.47. The zero-order valence-corrected chi connectivity index (χ0v) is 19.2. The second kappa shape index (κ2) is 7.92. The smallest absolute Gasteiger partial charge is 0.410 e. The number of pyridine rings is 1. The van der Waals surface area contributed by atoms with Crippen molar-refractivity contribution in [1.82, 2.24) is 14.9 Å². The average molecular weight is 439 g/mol. The first-order chi connectivity index (χ1) is 14.6. The van der Waals surface area contributed by atoms with Crippen LogP contribution in [-0.4, -0.2) is 39.0 Å². The van der Waals surface area contributed by atoms with Gasteiger partial charge in [-0.2, -0.15) is 0 Å². The van der Waals surface area contributed by atoms with Crippen LogP contribution in [0.3, 0.4) is 0 Å². The molecule has 4 rings (SSSR count). The number of aromatic nitrogens is 2. The third kappa shape index (κ3) is 4.69. The SMILES string of the molecule is Cc1ccc2nc(C)c(C(=O)Nc3nc4c(s3)CN(C(=O)OC(C)(C)C)CC4)cc2c1. The minimum Gasteiger partial charge on any atom is -0.444 e. The van der Waals surface area contributed by atoms with Crippen molar-refractivity contribution in [2.75, 3.05) is 11.9 Å². The van der Waals surface area contributed by atoms with Crippen LogP contribution < -0.4 is 5.32 Å². The molecule has 162 valence electrons. The molecule has 31 heavy (non-hydrogen) atoms. The number of benzene rings is 1. The molecule has 0 spiro atoms. The van der Waals surface area contributed by atoms with Crippen LogP contribution >= 0.6 is 11.3 Å². The third-order valence-electron chi connectivity index (χ3n) is 5.01. The predicted octanol–water partition coefficient (Wildman–Crippen LogP) is 4.85. The molecule has 3 aromatic rings. The Balaban J connectivity index is 1.50. The Labute approximate surface area is 185 Å². The first-order valence-corrected chi connectivity index (χ1v) is 11.1. The van der Waals surface area contributed by atoms with E-state index in [9.17, 15) is 9.59 Å². The van der Waals surface area contributed by atoms with Gasteiger partial charge >= 0.3 is 6.09 Å². The van der Waals surface area contributed by atoms with Crippen molar-refractivity contribution in [2.45, 2.75) is 53.2 Å². The monoisotopic (exact) mass is 438 g/mol. The van der Waals surface area contributed by atoms with Crippen molar-refractivity contribution >= 4 is 39.4 Å². The molecule has 0 radical (unpaired) electrons. The van der Waals surface area contributed by atoms with E-state index in [1.165, 1.54) is 11.3 Å². The number of nitrogens with zero attached hydrogens (tertiary/aromatic N) is 3. The quantitative estimate of drug-likeness (QED) is 0.618. The van der Waals surface area contributed by atoms with Gasteiger partial charge in [0.1, 0.15) is 5.60 Å². The van der Waals surface area contributed by atoms with Gasteiger partial charge in [0, 0.05) is 23.2 Å². The summed E-state index contributed by atoms with van der Waals surface area (Å²) in [5, 5.41) is 4.38. The van der Waals surface area contributed by atoms with Gasteiger partial charge < -0.3 is 9.64 Å². The van der Waals surface area contributed by atoms with Gasteiger partial charge in [-0.05, 0) is 52.8 Å². The number of anilines is 1. The Morgan fingerprint density at radius 3 is 2.68 bits per heavy atom. The molecule has 7 nitrogen and oxygen atoms in total. The van der Waals surface area contributed by atoms with Crippen LogP contribution in [0.2, 0.25) is 0 Å². The first-order valence-electron chi connectivity index (χ1n) is 10.2. The van der Waals surface area contributed by atoms with Crippen molar-refractivity contribution < 1.29 is 14.3 Å². The number of nitrogens with one attached hydrogen (secondary N) is 1. The summed E-state index contributed by atoms with van der Waals surface area (Å²) in [6.45, 7) is 10.4. The largest absolute Gasteiger partial charge is 0.444 e. The number of rotatable bonds is 2. The average Bonchev–Trinajstić information content (AvgIpc) is 3.07. The lowest BCUT2D eigenvalue weighted by Crippen LogP contribution is -2.39. The summed E-state index contributed by atoms with van der Waals surface area (Å²) in [5.41, 5.74) is 3.57. The molecule has 2 aromatic heterocycles. The summed E-state index contributed by atoms with van der Waals surface area (Å²) in [6.07, 6.45) is 0.307. The molecular formula is C23H26N4O3S. The molecule has 2 amide bonds. The zero-order chi connectivity index (χ0) is 22.3. The maximum absolute atomic E-state index is 12.9. The third-order valence-corrected chi connectivity index (χ3v) is 6.01. The molecule has 1 aliphatic heterocycles.